The lowest BCUT2D eigenvalue weighted by Crippen LogP contribution is -1.89. The van der Waals surface area contributed by atoms with Crippen molar-refractivity contribution in [1.29, 1.82) is 0 Å². The Morgan fingerprint density at radius 1 is 1.22 bits per heavy atom. The molecule has 18 heavy (non-hydrogen) atoms. The topological polar surface area (TPSA) is 78.1 Å². The van der Waals surface area contributed by atoms with E-state index < -0.39 is 0 Å². The Balaban J connectivity index is 2.05. The molecule has 0 saturated carbocycles. The Kier molecular flexibility index (Phi) is 2.64. The lowest BCUT2D eigenvalue weighted by molar-refractivity contribution is 0.432. The molecule has 0 radical (unpaired) electrons. The van der Waals surface area contributed by atoms with E-state index in [-0.39, 0.29) is 0 Å². The normalized spacial score (nSPS) is 10.7. The van der Waals surface area contributed by atoms with Gasteiger partial charge in [0.1, 0.15) is 6.26 Å². The number of aromatic nitrogens is 2. The highest BCUT2D eigenvalue weighted by Crippen LogP contribution is 2.29. The number of furan rings is 1. The molecular formula is C12H8BrN3O2. The maximum atomic E-state index is 5.88. The largest absolute Gasteiger partial charge is 0.472 e. The summed E-state index contributed by atoms with van der Waals surface area (Å²) in [7, 11) is 0. The van der Waals surface area contributed by atoms with E-state index in [1.165, 1.54) is 0 Å². The van der Waals surface area contributed by atoms with Crippen molar-refractivity contribution >= 4 is 21.6 Å². The fourth-order valence-corrected chi connectivity index (χ4v) is 1.92. The lowest BCUT2D eigenvalue weighted by Gasteiger charge is -2.00. The molecule has 2 aromatic heterocycles. The standard InChI is InChI=1S/C12H8BrN3O2/c13-8-1-2-10(14)9(5-8)12-15-11(16-18-12)7-3-4-17-6-7/h1-6H,14H2. The molecular weight excluding hydrogens is 298 g/mol. The average molecular weight is 306 g/mol. The van der Waals surface area contributed by atoms with E-state index in [9.17, 15) is 0 Å². The van der Waals surface area contributed by atoms with Crippen LogP contribution in [0.2, 0.25) is 0 Å². The Morgan fingerprint density at radius 2 is 2.11 bits per heavy atom. The average Bonchev–Trinajstić information content (AvgIpc) is 3.00. The minimum Gasteiger partial charge on any atom is -0.472 e. The molecule has 2 heterocycles. The third-order valence-electron chi connectivity index (χ3n) is 2.45. The van der Waals surface area contributed by atoms with Crippen molar-refractivity contribution in [3.63, 3.8) is 0 Å². The molecule has 90 valence electrons. The zero-order valence-corrected chi connectivity index (χ0v) is 10.7. The van der Waals surface area contributed by atoms with Crippen molar-refractivity contribution < 1.29 is 8.94 Å². The third kappa shape index (κ3) is 1.91. The third-order valence-corrected chi connectivity index (χ3v) is 2.94. The first-order valence-electron chi connectivity index (χ1n) is 5.16. The molecule has 6 heteroatoms. The number of halogens is 1. The zero-order valence-electron chi connectivity index (χ0n) is 9.13. The van der Waals surface area contributed by atoms with E-state index in [2.05, 4.69) is 26.1 Å². The maximum Gasteiger partial charge on any atom is 0.260 e. The predicted molar refractivity (Wildman–Crippen MR) is 69.5 cm³/mol. The van der Waals surface area contributed by atoms with Gasteiger partial charge in [-0.1, -0.05) is 21.1 Å². The van der Waals surface area contributed by atoms with Gasteiger partial charge in [-0.05, 0) is 24.3 Å². The van der Waals surface area contributed by atoms with Gasteiger partial charge in [0.05, 0.1) is 17.4 Å². The van der Waals surface area contributed by atoms with Crippen LogP contribution in [0.5, 0.6) is 0 Å². The van der Waals surface area contributed by atoms with E-state index >= 15 is 0 Å². The lowest BCUT2D eigenvalue weighted by atomic mass is 10.2. The van der Waals surface area contributed by atoms with E-state index in [4.69, 9.17) is 14.7 Å². The molecule has 0 bridgehead atoms. The Labute approximate surface area is 111 Å². The number of hydrogen-bond donors (Lipinski definition) is 1. The van der Waals surface area contributed by atoms with E-state index in [1.54, 1.807) is 24.7 Å². The smallest absolute Gasteiger partial charge is 0.260 e. The maximum absolute atomic E-state index is 5.88. The molecule has 0 aliphatic carbocycles. The number of nitrogens with zero attached hydrogens (tertiary/aromatic N) is 2. The fraction of sp³-hybridized carbons (Fsp3) is 0. The van der Waals surface area contributed by atoms with Crippen LogP contribution in [-0.2, 0) is 0 Å². The molecule has 5 nitrogen and oxygen atoms in total. The second-order valence-corrected chi connectivity index (χ2v) is 4.58. The predicted octanol–water partition coefficient (Wildman–Crippen LogP) is 3.34. The van der Waals surface area contributed by atoms with Gasteiger partial charge in [-0.2, -0.15) is 4.98 Å². The van der Waals surface area contributed by atoms with Crippen LogP contribution in [0, 0.1) is 0 Å². The van der Waals surface area contributed by atoms with E-state index in [1.807, 2.05) is 12.1 Å². The Bertz CT molecular complexity index is 676. The van der Waals surface area contributed by atoms with Gasteiger partial charge in [0.15, 0.2) is 0 Å². The zero-order chi connectivity index (χ0) is 12.5. The highest BCUT2D eigenvalue weighted by molar-refractivity contribution is 9.10. The summed E-state index contributed by atoms with van der Waals surface area (Å²) < 4.78 is 11.1. The number of nitrogens with two attached hydrogens (primary N) is 1. The minimum atomic E-state index is 0.380. The summed E-state index contributed by atoms with van der Waals surface area (Å²) in [6.07, 6.45) is 3.11. The first kappa shape index (κ1) is 11.0. The van der Waals surface area contributed by atoms with Crippen molar-refractivity contribution in [2.45, 2.75) is 0 Å². The van der Waals surface area contributed by atoms with Crippen molar-refractivity contribution in [3.8, 4) is 22.8 Å². The number of rotatable bonds is 2. The number of benzene rings is 1. The van der Waals surface area contributed by atoms with Gasteiger partial charge in [0.25, 0.3) is 5.89 Å². The van der Waals surface area contributed by atoms with E-state index in [0.29, 0.717) is 23.0 Å². The van der Waals surface area contributed by atoms with Crippen LogP contribution in [0.1, 0.15) is 0 Å². The molecule has 0 aliphatic heterocycles. The van der Waals surface area contributed by atoms with Crippen LogP contribution in [0.4, 0.5) is 5.69 Å². The summed E-state index contributed by atoms with van der Waals surface area (Å²) >= 11 is 3.38. The SMILES string of the molecule is Nc1ccc(Br)cc1-c1nc(-c2ccoc2)no1. The van der Waals surface area contributed by atoms with Gasteiger partial charge >= 0.3 is 0 Å². The molecule has 2 N–H and O–H groups in total. The van der Waals surface area contributed by atoms with Gasteiger partial charge in [0.2, 0.25) is 5.82 Å². The fourth-order valence-electron chi connectivity index (χ4n) is 1.56. The molecule has 3 aromatic rings. The highest BCUT2D eigenvalue weighted by atomic mass is 79.9. The quantitative estimate of drug-likeness (QED) is 0.735. The van der Waals surface area contributed by atoms with Crippen molar-refractivity contribution in [3.05, 3.63) is 41.3 Å². The molecule has 0 fully saturated rings. The van der Waals surface area contributed by atoms with E-state index in [0.717, 1.165) is 10.0 Å². The van der Waals surface area contributed by atoms with Gasteiger partial charge in [0, 0.05) is 10.2 Å². The molecule has 1 aromatic carbocycles. The molecule has 0 unspecified atom stereocenters. The molecule has 0 atom stereocenters. The van der Waals surface area contributed by atoms with Gasteiger partial charge < -0.3 is 14.7 Å². The summed E-state index contributed by atoms with van der Waals surface area (Å²) in [5.41, 5.74) is 7.93. The van der Waals surface area contributed by atoms with Crippen LogP contribution in [-0.4, -0.2) is 10.1 Å². The van der Waals surface area contributed by atoms with Crippen LogP contribution < -0.4 is 5.73 Å². The summed E-state index contributed by atoms with van der Waals surface area (Å²) in [6.45, 7) is 0. The van der Waals surface area contributed by atoms with Crippen molar-refractivity contribution in [1.82, 2.24) is 10.1 Å². The Hall–Kier alpha value is -2.08. The molecule has 0 saturated heterocycles. The van der Waals surface area contributed by atoms with Crippen LogP contribution in [0.3, 0.4) is 0 Å². The number of hydrogen-bond acceptors (Lipinski definition) is 5. The number of anilines is 1. The first-order chi connectivity index (χ1) is 8.74. The van der Waals surface area contributed by atoms with Crippen molar-refractivity contribution in [2.75, 3.05) is 5.73 Å². The van der Waals surface area contributed by atoms with Crippen LogP contribution in [0.25, 0.3) is 22.8 Å². The monoisotopic (exact) mass is 305 g/mol. The summed E-state index contributed by atoms with van der Waals surface area (Å²) in [5.74, 6) is 0.850. The first-order valence-corrected chi connectivity index (χ1v) is 5.95. The second kappa shape index (κ2) is 4.30. The van der Waals surface area contributed by atoms with Crippen LogP contribution >= 0.6 is 15.9 Å². The second-order valence-electron chi connectivity index (χ2n) is 3.67. The minimum absolute atomic E-state index is 0.380. The number of nitrogen functional groups attached to an aromatic ring is 1. The summed E-state index contributed by atoms with van der Waals surface area (Å²) in [5, 5.41) is 3.89. The molecule has 3 rings (SSSR count). The van der Waals surface area contributed by atoms with Gasteiger partial charge in [-0.3, -0.25) is 0 Å². The molecule has 0 amide bonds. The van der Waals surface area contributed by atoms with Crippen molar-refractivity contribution in [2.24, 2.45) is 0 Å². The molecule has 0 aliphatic rings. The summed E-state index contributed by atoms with van der Waals surface area (Å²) in [6, 6.07) is 7.23. The van der Waals surface area contributed by atoms with Crippen LogP contribution in [0.15, 0.2) is 50.2 Å². The van der Waals surface area contributed by atoms with Gasteiger partial charge in [-0.25, -0.2) is 0 Å². The highest BCUT2D eigenvalue weighted by Gasteiger charge is 2.13. The Morgan fingerprint density at radius 3 is 2.89 bits per heavy atom. The summed E-state index contributed by atoms with van der Waals surface area (Å²) in [4.78, 5) is 4.29. The molecule has 0 spiro atoms. The van der Waals surface area contributed by atoms with Gasteiger partial charge in [-0.15, -0.1) is 0 Å².